The summed E-state index contributed by atoms with van der Waals surface area (Å²) in [4.78, 5) is 14.0. The van der Waals surface area contributed by atoms with E-state index < -0.39 is 6.36 Å². The molecule has 21 heavy (non-hydrogen) atoms. The van der Waals surface area contributed by atoms with E-state index in [1.54, 1.807) is 4.90 Å². The molecule has 0 spiro atoms. The van der Waals surface area contributed by atoms with Gasteiger partial charge in [0.25, 0.3) is 5.91 Å². The molecule has 0 unspecified atom stereocenters. The molecule has 0 atom stereocenters. The van der Waals surface area contributed by atoms with Crippen LogP contribution in [-0.4, -0.2) is 42.3 Å². The van der Waals surface area contributed by atoms with Gasteiger partial charge in [0.05, 0.1) is 0 Å². The first-order valence-electron chi connectivity index (χ1n) is 6.56. The second kappa shape index (κ2) is 5.55. The molecule has 1 heterocycles. The molecule has 1 aromatic rings. The number of halogens is 3. The van der Waals surface area contributed by atoms with Crippen LogP contribution in [0.25, 0.3) is 0 Å². The number of hydrogen-bond donors (Lipinski definition) is 1. The first-order valence-corrected chi connectivity index (χ1v) is 6.56. The maximum Gasteiger partial charge on any atom is 0.573 e. The lowest BCUT2D eigenvalue weighted by Crippen LogP contribution is -2.58. The summed E-state index contributed by atoms with van der Waals surface area (Å²) >= 11 is 0. The number of nitrogens with one attached hydrogen (secondary N) is 1. The van der Waals surface area contributed by atoms with E-state index >= 15 is 0 Å². The predicted molar refractivity (Wildman–Crippen MR) is 71.1 cm³/mol. The third-order valence-electron chi connectivity index (χ3n) is 3.19. The number of ether oxygens (including phenoxy) is 1. The van der Waals surface area contributed by atoms with Gasteiger partial charge >= 0.3 is 6.36 Å². The van der Waals surface area contributed by atoms with Crippen molar-refractivity contribution in [2.24, 2.45) is 0 Å². The van der Waals surface area contributed by atoms with Crippen LogP contribution < -0.4 is 10.1 Å². The van der Waals surface area contributed by atoms with Gasteiger partial charge in [-0.15, -0.1) is 13.2 Å². The summed E-state index contributed by atoms with van der Waals surface area (Å²) in [5.41, 5.74) is 0.176. The van der Waals surface area contributed by atoms with Gasteiger partial charge in [-0.05, 0) is 38.1 Å². The highest BCUT2D eigenvalue weighted by Crippen LogP contribution is 2.23. The molecule has 116 valence electrons. The average molecular weight is 302 g/mol. The minimum Gasteiger partial charge on any atom is -0.406 e. The largest absolute Gasteiger partial charge is 0.573 e. The van der Waals surface area contributed by atoms with Crippen LogP contribution in [0, 0.1) is 0 Å². The molecule has 0 aromatic heterocycles. The van der Waals surface area contributed by atoms with Gasteiger partial charge in [-0.25, -0.2) is 0 Å². The molecule has 0 aliphatic carbocycles. The molecule has 1 saturated heterocycles. The first kappa shape index (κ1) is 15.6. The minimum absolute atomic E-state index is 0.173. The number of alkyl halides is 3. The summed E-state index contributed by atoms with van der Waals surface area (Å²) in [7, 11) is 0. The summed E-state index contributed by atoms with van der Waals surface area (Å²) in [5, 5.41) is 3.29. The molecule has 1 N–H and O–H groups in total. The van der Waals surface area contributed by atoms with Gasteiger partial charge in [0, 0.05) is 30.7 Å². The quantitative estimate of drug-likeness (QED) is 0.912. The number of benzene rings is 1. The Morgan fingerprint density at radius 1 is 1.29 bits per heavy atom. The monoisotopic (exact) mass is 302 g/mol. The SMILES string of the molecule is CC1(C)CN(C(=O)c2ccc(OC(F)(F)F)cc2)CCN1. The minimum atomic E-state index is -4.73. The highest BCUT2D eigenvalue weighted by molar-refractivity contribution is 5.94. The van der Waals surface area contributed by atoms with Crippen LogP contribution in [0.15, 0.2) is 24.3 Å². The van der Waals surface area contributed by atoms with Crippen molar-refractivity contribution < 1.29 is 22.7 Å². The topological polar surface area (TPSA) is 41.6 Å². The molecule has 4 nitrogen and oxygen atoms in total. The van der Waals surface area contributed by atoms with E-state index in [2.05, 4.69) is 10.1 Å². The summed E-state index contributed by atoms with van der Waals surface area (Å²) in [6.07, 6.45) is -4.73. The van der Waals surface area contributed by atoms with Crippen molar-refractivity contribution in [1.82, 2.24) is 10.2 Å². The normalized spacial score (nSPS) is 18.4. The van der Waals surface area contributed by atoms with E-state index in [-0.39, 0.29) is 17.2 Å². The average Bonchev–Trinajstić information content (AvgIpc) is 2.36. The second-order valence-corrected chi connectivity index (χ2v) is 5.61. The van der Waals surface area contributed by atoms with Crippen molar-refractivity contribution in [1.29, 1.82) is 0 Å². The van der Waals surface area contributed by atoms with Gasteiger partial charge in [0.1, 0.15) is 5.75 Å². The molecule has 0 saturated carbocycles. The summed E-state index contributed by atoms with van der Waals surface area (Å²) < 4.78 is 40.0. The summed E-state index contributed by atoms with van der Waals surface area (Å²) in [5.74, 6) is -0.525. The Hall–Kier alpha value is -1.76. The zero-order valence-corrected chi connectivity index (χ0v) is 11.8. The van der Waals surface area contributed by atoms with Crippen LogP contribution >= 0.6 is 0 Å². The third-order valence-corrected chi connectivity index (χ3v) is 3.19. The molecule has 1 amide bonds. The molecule has 1 aliphatic rings. The van der Waals surface area contributed by atoms with Crippen molar-refractivity contribution in [2.75, 3.05) is 19.6 Å². The lowest BCUT2D eigenvalue weighted by molar-refractivity contribution is -0.274. The Bertz CT molecular complexity index is 512. The summed E-state index contributed by atoms with van der Waals surface area (Å²) in [6.45, 7) is 5.79. The van der Waals surface area contributed by atoms with Gasteiger partial charge in [0.15, 0.2) is 0 Å². The van der Waals surface area contributed by atoms with E-state index in [4.69, 9.17) is 0 Å². The maximum atomic E-state index is 12.3. The number of carbonyl (C=O) groups is 1. The van der Waals surface area contributed by atoms with Gasteiger partial charge in [-0.3, -0.25) is 4.79 Å². The Morgan fingerprint density at radius 2 is 1.90 bits per heavy atom. The third kappa shape index (κ3) is 4.35. The Balaban J connectivity index is 2.06. The van der Waals surface area contributed by atoms with Crippen molar-refractivity contribution in [3.8, 4) is 5.75 Å². The zero-order chi connectivity index (χ0) is 15.7. The molecule has 0 radical (unpaired) electrons. The fraction of sp³-hybridized carbons (Fsp3) is 0.500. The maximum absolute atomic E-state index is 12.3. The van der Waals surface area contributed by atoms with Crippen LogP contribution in [0.3, 0.4) is 0 Å². The van der Waals surface area contributed by atoms with Gasteiger partial charge in [-0.1, -0.05) is 0 Å². The van der Waals surface area contributed by atoms with Crippen LogP contribution in [0.1, 0.15) is 24.2 Å². The van der Waals surface area contributed by atoms with Crippen molar-refractivity contribution in [2.45, 2.75) is 25.7 Å². The molecule has 1 fully saturated rings. The van der Waals surface area contributed by atoms with Crippen molar-refractivity contribution in [3.63, 3.8) is 0 Å². The molecule has 2 rings (SSSR count). The molecule has 1 aliphatic heterocycles. The van der Waals surface area contributed by atoms with E-state index in [0.717, 1.165) is 12.1 Å². The molecular weight excluding hydrogens is 285 g/mol. The fourth-order valence-corrected chi connectivity index (χ4v) is 2.30. The zero-order valence-electron chi connectivity index (χ0n) is 11.8. The lowest BCUT2D eigenvalue weighted by atomic mass is 10.0. The lowest BCUT2D eigenvalue weighted by Gasteiger charge is -2.39. The van der Waals surface area contributed by atoms with E-state index in [9.17, 15) is 18.0 Å². The van der Waals surface area contributed by atoms with Gasteiger partial charge in [-0.2, -0.15) is 0 Å². The fourth-order valence-electron chi connectivity index (χ4n) is 2.30. The van der Waals surface area contributed by atoms with E-state index in [0.29, 0.717) is 25.2 Å². The smallest absolute Gasteiger partial charge is 0.406 e. The number of hydrogen-bond acceptors (Lipinski definition) is 3. The number of carbonyl (C=O) groups excluding carboxylic acids is 1. The molecular formula is C14H17F3N2O2. The van der Waals surface area contributed by atoms with Crippen molar-refractivity contribution in [3.05, 3.63) is 29.8 Å². The number of nitrogens with zero attached hydrogens (tertiary/aromatic N) is 1. The second-order valence-electron chi connectivity index (χ2n) is 5.61. The highest BCUT2D eigenvalue weighted by Gasteiger charge is 2.31. The van der Waals surface area contributed by atoms with Crippen LogP contribution in [0.2, 0.25) is 0 Å². The Morgan fingerprint density at radius 3 is 2.43 bits per heavy atom. The number of amides is 1. The van der Waals surface area contributed by atoms with Crippen LogP contribution in [0.4, 0.5) is 13.2 Å². The molecule has 7 heteroatoms. The van der Waals surface area contributed by atoms with Crippen LogP contribution in [-0.2, 0) is 0 Å². The standard InChI is InChI=1S/C14H17F3N2O2/c1-13(2)9-19(8-7-18-13)12(20)10-3-5-11(6-4-10)21-14(15,16)17/h3-6,18H,7-9H2,1-2H3. The van der Waals surface area contributed by atoms with Crippen molar-refractivity contribution >= 4 is 5.91 Å². The van der Waals surface area contributed by atoms with E-state index in [1.807, 2.05) is 13.8 Å². The molecule has 0 bridgehead atoms. The number of piperazine rings is 1. The predicted octanol–water partition coefficient (Wildman–Crippen LogP) is 2.41. The van der Waals surface area contributed by atoms with E-state index in [1.165, 1.54) is 12.1 Å². The van der Waals surface area contributed by atoms with Gasteiger partial charge < -0.3 is 15.0 Å². The summed E-state index contributed by atoms with van der Waals surface area (Å²) in [6, 6.07) is 4.99. The molecule has 1 aromatic carbocycles. The van der Waals surface area contributed by atoms with Gasteiger partial charge in [0.2, 0.25) is 0 Å². The highest BCUT2D eigenvalue weighted by atomic mass is 19.4. The number of rotatable bonds is 2. The first-order chi connectivity index (χ1) is 9.66. The Labute approximate surface area is 120 Å². The van der Waals surface area contributed by atoms with Crippen LogP contribution in [0.5, 0.6) is 5.75 Å². The Kier molecular flexibility index (Phi) is 4.13.